The van der Waals surface area contributed by atoms with E-state index in [1.54, 1.807) is 17.0 Å². The van der Waals surface area contributed by atoms with Crippen molar-refractivity contribution in [3.63, 3.8) is 0 Å². The van der Waals surface area contributed by atoms with Crippen molar-refractivity contribution in [1.29, 1.82) is 0 Å². The van der Waals surface area contributed by atoms with Crippen molar-refractivity contribution < 1.29 is 9.59 Å². The van der Waals surface area contributed by atoms with Gasteiger partial charge in [0, 0.05) is 24.8 Å². The molecule has 3 N–H and O–H groups in total. The van der Waals surface area contributed by atoms with Gasteiger partial charge in [0.05, 0.1) is 12.3 Å². The molecule has 0 spiro atoms. The number of nitrogens with zero attached hydrogens (tertiary/aromatic N) is 1. The van der Waals surface area contributed by atoms with Crippen LogP contribution < -0.4 is 11.3 Å². The van der Waals surface area contributed by atoms with Gasteiger partial charge in [-0.15, -0.1) is 0 Å². The smallest absolute Gasteiger partial charge is 0.251 e. The van der Waals surface area contributed by atoms with Crippen molar-refractivity contribution in [2.75, 3.05) is 13.1 Å². The van der Waals surface area contributed by atoms with E-state index >= 15 is 0 Å². The molecule has 0 saturated carbocycles. The number of nitrogens with two attached hydrogens (primary N) is 1. The monoisotopic (exact) mass is 263 g/mol. The molecule has 102 valence electrons. The van der Waals surface area contributed by atoms with Crippen LogP contribution in [0.15, 0.2) is 23.1 Å². The number of likely N-dealkylation sites (tertiary alicyclic amines) is 1. The fraction of sp³-hybridized carbons (Fsp3) is 0.462. The number of carbonyl (C=O) groups is 2. The molecule has 19 heavy (non-hydrogen) atoms. The maximum absolute atomic E-state index is 12.1. The van der Waals surface area contributed by atoms with Crippen LogP contribution in [-0.4, -0.2) is 34.8 Å². The van der Waals surface area contributed by atoms with E-state index in [4.69, 9.17) is 5.73 Å². The standard InChI is InChI=1S/C13H17N3O3/c14-12(18)10-4-2-6-16(8-10)11(17)7-9-3-1-5-15-13(9)19/h1,3,5,10H,2,4,6-8H2,(H2,14,18)(H,15,19)/t10-/m0/s1. The molecule has 6 heteroatoms. The van der Waals surface area contributed by atoms with E-state index in [1.165, 1.54) is 6.20 Å². The van der Waals surface area contributed by atoms with Crippen LogP contribution in [0.3, 0.4) is 0 Å². The number of carbonyl (C=O) groups excluding carboxylic acids is 2. The second-order valence-corrected chi connectivity index (χ2v) is 4.78. The quantitative estimate of drug-likeness (QED) is 0.779. The van der Waals surface area contributed by atoms with Crippen LogP contribution in [0.1, 0.15) is 18.4 Å². The summed E-state index contributed by atoms with van der Waals surface area (Å²) in [6.45, 7) is 0.978. The molecule has 1 aliphatic heterocycles. The lowest BCUT2D eigenvalue weighted by atomic mass is 9.97. The van der Waals surface area contributed by atoms with Gasteiger partial charge in [-0.25, -0.2) is 0 Å². The summed E-state index contributed by atoms with van der Waals surface area (Å²) >= 11 is 0. The number of rotatable bonds is 3. The number of hydrogen-bond donors (Lipinski definition) is 2. The van der Waals surface area contributed by atoms with Crippen LogP contribution in [0.2, 0.25) is 0 Å². The molecule has 6 nitrogen and oxygen atoms in total. The summed E-state index contributed by atoms with van der Waals surface area (Å²) in [5.41, 5.74) is 5.46. The largest absolute Gasteiger partial charge is 0.369 e. The highest BCUT2D eigenvalue weighted by Gasteiger charge is 2.27. The minimum atomic E-state index is -0.366. The molecule has 0 unspecified atom stereocenters. The minimum absolute atomic E-state index is 0.0572. The Morgan fingerprint density at radius 2 is 2.26 bits per heavy atom. The molecule has 1 aromatic rings. The Bertz CT molecular complexity index is 538. The molecule has 1 atom stereocenters. The Balaban J connectivity index is 2.02. The summed E-state index contributed by atoms with van der Waals surface area (Å²) in [6.07, 6.45) is 3.08. The van der Waals surface area contributed by atoms with E-state index in [-0.39, 0.29) is 29.7 Å². The number of nitrogens with one attached hydrogen (secondary N) is 1. The third-order valence-corrected chi connectivity index (χ3v) is 3.42. The van der Waals surface area contributed by atoms with Gasteiger partial charge in [-0.3, -0.25) is 14.4 Å². The first-order chi connectivity index (χ1) is 9.08. The molecule has 1 fully saturated rings. The summed E-state index contributed by atoms with van der Waals surface area (Å²) in [5.74, 6) is -0.774. The van der Waals surface area contributed by atoms with Crippen LogP contribution in [-0.2, 0) is 16.0 Å². The van der Waals surface area contributed by atoms with Gasteiger partial charge in [0.1, 0.15) is 0 Å². The number of aromatic nitrogens is 1. The molecule has 1 aliphatic rings. The molecule has 2 heterocycles. The number of aromatic amines is 1. The molecular formula is C13H17N3O3. The van der Waals surface area contributed by atoms with E-state index in [1.807, 2.05) is 0 Å². The predicted molar refractivity (Wildman–Crippen MR) is 69.3 cm³/mol. The Labute approximate surface area is 110 Å². The molecule has 0 radical (unpaired) electrons. The molecule has 0 aromatic carbocycles. The first-order valence-electron chi connectivity index (χ1n) is 6.31. The minimum Gasteiger partial charge on any atom is -0.369 e. The second-order valence-electron chi connectivity index (χ2n) is 4.78. The Morgan fingerprint density at radius 1 is 1.47 bits per heavy atom. The lowest BCUT2D eigenvalue weighted by Crippen LogP contribution is -2.45. The summed E-state index contributed by atoms with van der Waals surface area (Å²) < 4.78 is 0. The second kappa shape index (κ2) is 5.69. The van der Waals surface area contributed by atoms with Gasteiger partial charge in [-0.2, -0.15) is 0 Å². The number of primary amides is 1. The average Bonchev–Trinajstić information content (AvgIpc) is 2.41. The molecule has 1 aromatic heterocycles. The van der Waals surface area contributed by atoms with E-state index < -0.39 is 0 Å². The fourth-order valence-electron chi connectivity index (χ4n) is 2.31. The van der Waals surface area contributed by atoms with E-state index in [9.17, 15) is 14.4 Å². The van der Waals surface area contributed by atoms with E-state index in [0.29, 0.717) is 18.7 Å². The molecule has 0 bridgehead atoms. The number of pyridine rings is 1. The highest BCUT2D eigenvalue weighted by Crippen LogP contribution is 2.16. The van der Waals surface area contributed by atoms with Gasteiger partial charge >= 0.3 is 0 Å². The molecular weight excluding hydrogens is 246 g/mol. The third-order valence-electron chi connectivity index (χ3n) is 3.42. The first-order valence-corrected chi connectivity index (χ1v) is 6.31. The normalized spacial score (nSPS) is 19.2. The maximum atomic E-state index is 12.1. The first kappa shape index (κ1) is 13.3. The van der Waals surface area contributed by atoms with E-state index in [0.717, 1.165) is 12.8 Å². The van der Waals surface area contributed by atoms with Crippen LogP contribution in [0.4, 0.5) is 0 Å². The van der Waals surface area contributed by atoms with Crippen molar-refractivity contribution in [2.45, 2.75) is 19.3 Å². The van der Waals surface area contributed by atoms with Gasteiger partial charge in [-0.1, -0.05) is 6.07 Å². The van der Waals surface area contributed by atoms with Gasteiger partial charge in [-0.05, 0) is 18.9 Å². The van der Waals surface area contributed by atoms with Crippen LogP contribution in [0.25, 0.3) is 0 Å². The Hall–Kier alpha value is -2.11. The van der Waals surface area contributed by atoms with Crippen molar-refractivity contribution in [3.05, 3.63) is 34.2 Å². The van der Waals surface area contributed by atoms with Gasteiger partial charge < -0.3 is 15.6 Å². The molecule has 1 saturated heterocycles. The van der Waals surface area contributed by atoms with Gasteiger partial charge in [0.2, 0.25) is 11.8 Å². The van der Waals surface area contributed by atoms with Crippen LogP contribution >= 0.6 is 0 Å². The van der Waals surface area contributed by atoms with Crippen molar-refractivity contribution in [1.82, 2.24) is 9.88 Å². The summed E-state index contributed by atoms with van der Waals surface area (Å²) in [6, 6.07) is 3.32. The fourth-order valence-corrected chi connectivity index (χ4v) is 2.31. The molecule has 2 amide bonds. The van der Waals surface area contributed by atoms with Crippen LogP contribution in [0.5, 0.6) is 0 Å². The topological polar surface area (TPSA) is 96.3 Å². The van der Waals surface area contributed by atoms with Crippen molar-refractivity contribution in [2.24, 2.45) is 11.7 Å². The SMILES string of the molecule is NC(=O)[C@H]1CCCN(C(=O)Cc2ccc[nH]c2=O)C1. The number of H-pyrrole nitrogens is 1. The Kier molecular flexibility index (Phi) is 3.99. The average molecular weight is 263 g/mol. The predicted octanol–water partition coefficient (Wildman–Crippen LogP) is -0.359. The molecule has 0 aliphatic carbocycles. The summed E-state index contributed by atoms with van der Waals surface area (Å²) in [4.78, 5) is 38.9. The third kappa shape index (κ3) is 3.21. The lowest BCUT2D eigenvalue weighted by molar-refractivity contribution is -0.134. The molecule has 2 rings (SSSR count). The van der Waals surface area contributed by atoms with Gasteiger partial charge in [0.25, 0.3) is 5.56 Å². The zero-order chi connectivity index (χ0) is 13.8. The van der Waals surface area contributed by atoms with E-state index in [2.05, 4.69) is 4.98 Å². The summed E-state index contributed by atoms with van der Waals surface area (Å²) in [7, 11) is 0. The number of amides is 2. The maximum Gasteiger partial charge on any atom is 0.251 e. The van der Waals surface area contributed by atoms with Crippen LogP contribution in [0, 0.1) is 5.92 Å². The summed E-state index contributed by atoms with van der Waals surface area (Å²) in [5, 5.41) is 0. The highest BCUT2D eigenvalue weighted by molar-refractivity contribution is 5.81. The zero-order valence-corrected chi connectivity index (χ0v) is 10.6. The zero-order valence-electron chi connectivity index (χ0n) is 10.6. The highest BCUT2D eigenvalue weighted by atomic mass is 16.2. The van der Waals surface area contributed by atoms with Crippen molar-refractivity contribution >= 4 is 11.8 Å². The van der Waals surface area contributed by atoms with Crippen molar-refractivity contribution in [3.8, 4) is 0 Å². The lowest BCUT2D eigenvalue weighted by Gasteiger charge is -2.31. The number of piperidine rings is 1. The number of hydrogen-bond acceptors (Lipinski definition) is 3. The Morgan fingerprint density at radius 3 is 2.95 bits per heavy atom. The van der Waals surface area contributed by atoms with Gasteiger partial charge in [0.15, 0.2) is 0 Å².